The predicted molar refractivity (Wildman–Crippen MR) is 66.1 cm³/mol. The molecule has 98 valence electrons. The minimum atomic E-state index is -1.00. The maximum absolute atomic E-state index is 11.1. The lowest BCUT2D eigenvalue weighted by molar-refractivity contribution is 0.0695. The van der Waals surface area contributed by atoms with Gasteiger partial charge in [-0.25, -0.2) is 14.8 Å². The molecular weight excluding hydrogens is 234 g/mol. The van der Waals surface area contributed by atoms with E-state index in [-0.39, 0.29) is 11.5 Å². The lowest BCUT2D eigenvalue weighted by Crippen LogP contribution is -2.21. The van der Waals surface area contributed by atoms with Crippen molar-refractivity contribution in [1.29, 1.82) is 0 Å². The van der Waals surface area contributed by atoms with Gasteiger partial charge in [0.1, 0.15) is 17.2 Å². The summed E-state index contributed by atoms with van der Waals surface area (Å²) in [6.07, 6.45) is 3.17. The van der Waals surface area contributed by atoms with Crippen LogP contribution in [0.2, 0.25) is 0 Å². The van der Waals surface area contributed by atoms with Crippen LogP contribution in [0.5, 0.6) is 0 Å². The van der Waals surface area contributed by atoms with Crippen LogP contribution in [0, 0.1) is 0 Å². The molecule has 0 aliphatic carbocycles. The minimum Gasteiger partial charge on any atom is -0.477 e. The fraction of sp³-hybridized carbons (Fsp3) is 0.583. The van der Waals surface area contributed by atoms with Crippen LogP contribution in [-0.4, -0.2) is 48.4 Å². The van der Waals surface area contributed by atoms with Crippen molar-refractivity contribution in [3.63, 3.8) is 0 Å². The maximum Gasteiger partial charge on any atom is 0.341 e. The van der Waals surface area contributed by atoms with E-state index in [0.29, 0.717) is 24.9 Å². The standard InChI is InChI=1S/C12H17N3O3/c1-15(2)11-9(12(16)17)7-13-10(14-11)8-3-5-18-6-4-8/h7-8H,3-6H2,1-2H3,(H,16,17). The lowest BCUT2D eigenvalue weighted by atomic mass is 9.99. The molecule has 6 nitrogen and oxygen atoms in total. The van der Waals surface area contributed by atoms with Crippen molar-refractivity contribution < 1.29 is 14.6 Å². The van der Waals surface area contributed by atoms with Gasteiger partial charge in [-0.15, -0.1) is 0 Å². The molecule has 0 aromatic carbocycles. The smallest absolute Gasteiger partial charge is 0.341 e. The summed E-state index contributed by atoms with van der Waals surface area (Å²) in [5, 5.41) is 9.09. The Kier molecular flexibility index (Phi) is 3.76. The molecule has 0 unspecified atom stereocenters. The monoisotopic (exact) mass is 251 g/mol. The van der Waals surface area contributed by atoms with Crippen LogP contribution in [-0.2, 0) is 4.74 Å². The summed E-state index contributed by atoms with van der Waals surface area (Å²) in [7, 11) is 3.56. The number of hydrogen-bond acceptors (Lipinski definition) is 5. The molecule has 1 saturated heterocycles. The maximum atomic E-state index is 11.1. The molecule has 1 aliphatic rings. The van der Waals surface area contributed by atoms with E-state index in [1.54, 1.807) is 19.0 Å². The zero-order valence-corrected chi connectivity index (χ0v) is 10.6. The van der Waals surface area contributed by atoms with E-state index in [1.165, 1.54) is 6.20 Å². The molecule has 18 heavy (non-hydrogen) atoms. The van der Waals surface area contributed by atoms with Crippen LogP contribution in [0.25, 0.3) is 0 Å². The Hall–Kier alpha value is -1.69. The summed E-state index contributed by atoms with van der Waals surface area (Å²) >= 11 is 0. The highest BCUT2D eigenvalue weighted by Crippen LogP contribution is 2.26. The Morgan fingerprint density at radius 1 is 1.44 bits per heavy atom. The van der Waals surface area contributed by atoms with Crippen molar-refractivity contribution in [3.8, 4) is 0 Å². The largest absolute Gasteiger partial charge is 0.477 e. The van der Waals surface area contributed by atoms with E-state index in [1.807, 2.05) is 0 Å². The first-order valence-electron chi connectivity index (χ1n) is 5.95. The average Bonchev–Trinajstić information content (AvgIpc) is 2.39. The molecule has 6 heteroatoms. The number of carboxylic acid groups (broad SMARTS) is 1. The molecule has 0 spiro atoms. The van der Waals surface area contributed by atoms with Gasteiger partial charge < -0.3 is 14.7 Å². The quantitative estimate of drug-likeness (QED) is 0.868. The Labute approximate surface area is 106 Å². The van der Waals surface area contributed by atoms with Crippen LogP contribution < -0.4 is 4.90 Å². The molecule has 2 rings (SSSR count). The molecule has 1 aliphatic heterocycles. The highest BCUT2D eigenvalue weighted by Gasteiger charge is 2.22. The highest BCUT2D eigenvalue weighted by atomic mass is 16.5. The summed E-state index contributed by atoms with van der Waals surface area (Å²) in [5.41, 5.74) is 0.135. The first-order valence-corrected chi connectivity index (χ1v) is 5.95. The lowest BCUT2D eigenvalue weighted by Gasteiger charge is -2.22. The summed E-state index contributed by atoms with van der Waals surface area (Å²) in [6, 6.07) is 0. The van der Waals surface area contributed by atoms with Gasteiger partial charge in [0, 0.05) is 39.4 Å². The molecular formula is C12H17N3O3. The van der Waals surface area contributed by atoms with Crippen LogP contribution in [0.3, 0.4) is 0 Å². The van der Waals surface area contributed by atoms with E-state index < -0.39 is 5.97 Å². The number of ether oxygens (including phenoxy) is 1. The minimum absolute atomic E-state index is 0.135. The molecule has 1 aromatic rings. The molecule has 1 aromatic heterocycles. The number of aromatic nitrogens is 2. The van der Waals surface area contributed by atoms with Gasteiger partial charge in [-0.1, -0.05) is 0 Å². The van der Waals surface area contributed by atoms with Crippen molar-refractivity contribution in [1.82, 2.24) is 9.97 Å². The van der Waals surface area contributed by atoms with Crippen LogP contribution in [0.15, 0.2) is 6.20 Å². The molecule has 0 bridgehead atoms. The average molecular weight is 251 g/mol. The van der Waals surface area contributed by atoms with Crippen molar-refractivity contribution in [2.24, 2.45) is 0 Å². The zero-order chi connectivity index (χ0) is 13.1. The number of hydrogen-bond donors (Lipinski definition) is 1. The Morgan fingerprint density at radius 2 is 2.11 bits per heavy atom. The van der Waals surface area contributed by atoms with Gasteiger partial charge in [0.05, 0.1) is 0 Å². The molecule has 0 amide bonds. The number of aromatic carboxylic acids is 1. The molecule has 0 atom stereocenters. The molecule has 1 fully saturated rings. The fourth-order valence-corrected chi connectivity index (χ4v) is 2.03. The third-order valence-corrected chi connectivity index (χ3v) is 3.03. The number of carbonyl (C=O) groups is 1. The van der Waals surface area contributed by atoms with E-state index in [4.69, 9.17) is 9.84 Å². The van der Waals surface area contributed by atoms with Gasteiger partial charge in [-0.05, 0) is 12.8 Å². The van der Waals surface area contributed by atoms with Gasteiger partial charge in [0.25, 0.3) is 0 Å². The van der Waals surface area contributed by atoms with Gasteiger partial charge in [-0.2, -0.15) is 0 Å². The fourth-order valence-electron chi connectivity index (χ4n) is 2.03. The van der Waals surface area contributed by atoms with Crippen LogP contribution in [0.4, 0.5) is 5.82 Å². The first kappa shape index (κ1) is 12.8. The third kappa shape index (κ3) is 2.59. The SMILES string of the molecule is CN(C)c1nc(C2CCOCC2)ncc1C(=O)O. The number of carboxylic acids is 1. The number of anilines is 1. The zero-order valence-electron chi connectivity index (χ0n) is 10.6. The second-order valence-corrected chi connectivity index (χ2v) is 4.55. The third-order valence-electron chi connectivity index (χ3n) is 3.03. The highest BCUT2D eigenvalue weighted by molar-refractivity contribution is 5.92. The summed E-state index contributed by atoms with van der Waals surface area (Å²) in [4.78, 5) is 21.4. The van der Waals surface area contributed by atoms with Gasteiger partial charge in [0.15, 0.2) is 0 Å². The molecule has 0 saturated carbocycles. The Bertz CT molecular complexity index is 442. The topological polar surface area (TPSA) is 75.5 Å². The second kappa shape index (κ2) is 5.30. The Morgan fingerprint density at radius 3 is 2.67 bits per heavy atom. The van der Waals surface area contributed by atoms with Gasteiger partial charge >= 0.3 is 5.97 Å². The summed E-state index contributed by atoms with van der Waals surface area (Å²) in [6.45, 7) is 1.43. The molecule has 1 N–H and O–H groups in total. The van der Waals surface area contributed by atoms with Crippen molar-refractivity contribution in [3.05, 3.63) is 17.6 Å². The number of rotatable bonds is 3. The first-order chi connectivity index (χ1) is 8.59. The Balaban J connectivity index is 2.33. The molecule has 2 heterocycles. The van der Waals surface area contributed by atoms with E-state index in [9.17, 15) is 4.79 Å². The summed E-state index contributed by atoms with van der Waals surface area (Å²) < 4.78 is 5.30. The van der Waals surface area contributed by atoms with Crippen LogP contribution >= 0.6 is 0 Å². The predicted octanol–water partition coefficient (Wildman–Crippen LogP) is 1.13. The second-order valence-electron chi connectivity index (χ2n) is 4.55. The van der Waals surface area contributed by atoms with Crippen LogP contribution in [0.1, 0.15) is 34.9 Å². The van der Waals surface area contributed by atoms with Crippen molar-refractivity contribution >= 4 is 11.8 Å². The van der Waals surface area contributed by atoms with Crippen molar-refractivity contribution in [2.45, 2.75) is 18.8 Å². The van der Waals surface area contributed by atoms with Gasteiger partial charge in [0.2, 0.25) is 0 Å². The van der Waals surface area contributed by atoms with Gasteiger partial charge in [-0.3, -0.25) is 0 Å². The summed E-state index contributed by atoms with van der Waals surface area (Å²) in [5.74, 6) is 0.434. The van der Waals surface area contributed by atoms with E-state index in [2.05, 4.69) is 9.97 Å². The normalized spacial score (nSPS) is 16.6. The van der Waals surface area contributed by atoms with E-state index in [0.717, 1.165) is 12.8 Å². The van der Waals surface area contributed by atoms with E-state index >= 15 is 0 Å². The molecule has 0 radical (unpaired) electrons. The number of nitrogens with zero attached hydrogens (tertiary/aromatic N) is 3. The van der Waals surface area contributed by atoms with Crippen molar-refractivity contribution in [2.75, 3.05) is 32.2 Å².